The molecule has 88 valence electrons. The van der Waals surface area contributed by atoms with E-state index in [1.165, 1.54) is 11.6 Å². The Labute approximate surface area is 101 Å². The van der Waals surface area contributed by atoms with Gasteiger partial charge < -0.3 is 4.90 Å². The molecule has 0 aliphatic carbocycles. The van der Waals surface area contributed by atoms with Crippen LogP contribution in [-0.2, 0) is 6.42 Å². The van der Waals surface area contributed by atoms with Gasteiger partial charge in [-0.3, -0.25) is 4.98 Å². The van der Waals surface area contributed by atoms with E-state index >= 15 is 0 Å². The number of anilines is 1. The predicted octanol–water partition coefficient (Wildman–Crippen LogP) is 2.90. The molecular weight excluding hydrogens is 215 g/mol. The van der Waals surface area contributed by atoms with Crippen LogP contribution in [0, 0.1) is 5.82 Å². The third-order valence-corrected chi connectivity index (χ3v) is 2.73. The van der Waals surface area contributed by atoms with E-state index in [0.717, 1.165) is 18.7 Å². The van der Waals surface area contributed by atoms with Gasteiger partial charge in [-0.05, 0) is 42.3 Å². The highest BCUT2D eigenvalue weighted by Gasteiger charge is 2.02. The average Bonchev–Trinajstić information content (AvgIpc) is 2.37. The lowest BCUT2D eigenvalue weighted by molar-refractivity contribution is 0.627. The Balaban J connectivity index is 1.96. The van der Waals surface area contributed by atoms with Crippen LogP contribution in [0.1, 0.15) is 5.56 Å². The second kappa shape index (κ2) is 5.43. The Kier molecular flexibility index (Phi) is 3.70. The minimum atomic E-state index is -0.196. The first-order valence-electron chi connectivity index (χ1n) is 5.61. The van der Waals surface area contributed by atoms with Gasteiger partial charge in [-0.1, -0.05) is 6.07 Å². The van der Waals surface area contributed by atoms with Crippen LogP contribution >= 0.6 is 0 Å². The Bertz CT molecular complexity index is 471. The van der Waals surface area contributed by atoms with Crippen LogP contribution in [0.15, 0.2) is 48.8 Å². The smallest absolute Gasteiger partial charge is 0.125 e. The Morgan fingerprint density at radius 1 is 1.18 bits per heavy atom. The predicted molar refractivity (Wildman–Crippen MR) is 67.6 cm³/mol. The lowest BCUT2D eigenvalue weighted by Crippen LogP contribution is -2.20. The quantitative estimate of drug-likeness (QED) is 0.802. The van der Waals surface area contributed by atoms with E-state index in [4.69, 9.17) is 0 Å². The van der Waals surface area contributed by atoms with E-state index in [1.54, 1.807) is 24.5 Å². The maximum absolute atomic E-state index is 13.1. The Morgan fingerprint density at radius 3 is 2.65 bits per heavy atom. The fourth-order valence-corrected chi connectivity index (χ4v) is 1.69. The van der Waals surface area contributed by atoms with Gasteiger partial charge in [0.05, 0.1) is 0 Å². The molecule has 0 bridgehead atoms. The molecule has 0 fully saturated rings. The number of rotatable bonds is 4. The van der Waals surface area contributed by atoms with Crippen molar-refractivity contribution >= 4 is 5.69 Å². The monoisotopic (exact) mass is 230 g/mol. The second-order valence-corrected chi connectivity index (χ2v) is 4.01. The summed E-state index contributed by atoms with van der Waals surface area (Å²) >= 11 is 0. The molecule has 0 N–H and O–H groups in total. The summed E-state index contributed by atoms with van der Waals surface area (Å²) in [5.41, 5.74) is 2.14. The van der Waals surface area contributed by atoms with Gasteiger partial charge in [0.1, 0.15) is 5.82 Å². The van der Waals surface area contributed by atoms with Crippen LogP contribution < -0.4 is 4.90 Å². The molecule has 0 aliphatic rings. The zero-order valence-corrected chi connectivity index (χ0v) is 9.81. The zero-order chi connectivity index (χ0) is 12.1. The minimum Gasteiger partial charge on any atom is -0.374 e. The fourth-order valence-electron chi connectivity index (χ4n) is 1.69. The van der Waals surface area contributed by atoms with E-state index in [1.807, 2.05) is 30.1 Å². The molecule has 1 aromatic carbocycles. The van der Waals surface area contributed by atoms with E-state index in [2.05, 4.69) is 4.98 Å². The maximum atomic E-state index is 13.1. The molecule has 1 heterocycles. The van der Waals surface area contributed by atoms with Crippen molar-refractivity contribution in [1.29, 1.82) is 0 Å². The van der Waals surface area contributed by atoms with E-state index in [9.17, 15) is 4.39 Å². The van der Waals surface area contributed by atoms with Crippen LogP contribution in [0.5, 0.6) is 0 Å². The highest BCUT2D eigenvalue weighted by Crippen LogP contribution is 2.14. The summed E-state index contributed by atoms with van der Waals surface area (Å²) in [6, 6.07) is 10.6. The Hall–Kier alpha value is -1.90. The Morgan fingerprint density at radius 2 is 1.94 bits per heavy atom. The topological polar surface area (TPSA) is 16.1 Å². The van der Waals surface area contributed by atoms with Gasteiger partial charge in [-0.25, -0.2) is 4.39 Å². The number of hydrogen-bond acceptors (Lipinski definition) is 2. The lowest BCUT2D eigenvalue weighted by atomic mass is 10.2. The van der Waals surface area contributed by atoms with Gasteiger partial charge in [0, 0.05) is 31.7 Å². The first kappa shape index (κ1) is 11.6. The molecule has 0 spiro atoms. The molecule has 0 amide bonds. The molecule has 2 aromatic rings. The summed E-state index contributed by atoms with van der Waals surface area (Å²) < 4.78 is 13.1. The zero-order valence-electron chi connectivity index (χ0n) is 9.81. The molecule has 0 unspecified atom stereocenters. The minimum absolute atomic E-state index is 0.196. The van der Waals surface area contributed by atoms with E-state index in [0.29, 0.717) is 0 Å². The van der Waals surface area contributed by atoms with E-state index in [-0.39, 0.29) is 5.82 Å². The number of aromatic nitrogens is 1. The molecule has 2 nitrogen and oxygen atoms in total. The SMILES string of the molecule is CN(CCc1ccncc1)c1cccc(F)c1. The standard InChI is InChI=1S/C14H15FN2/c1-17(14-4-2-3-13(15)11-14)10-7-12-5-8-16-9-6-12/h2-6,8-9,11H,7,10H2,1H3. The van der Waals surface area contributed by atoms with Crippen molar-refractivity contribution in [2.75, 3.05) is 18.5 Å². The normalized spacial score (nSPS) is 10.2. The van der Waals surface area contributed by atoms with Crippen LogP contribution in [-0.4, -0.2) is 18.6 Å². The summed E-state index contributed by atoms with van der Waals surface area (Å²) in [5, 5.41) is 0. The van der Waals surface area contributed by atoms with Crippen molar-refractivity contribution in [2.24, 2.45) is 0 Å². The van der Waals surface area contributed by atoms with Gasteiger partial charge in [-0.2, -0.15) is 0 Å². The number of benzene rings is 1. The second-order valence-electron chi connectivity index (χ2n) is 4.01. The van der Waals surface area contributed by atoms with Crippen molar-refractivity contribution in [3.05, 3.63) is 60.2 Å². The number of nitrogens with zero attached hydrogens (tertiary/aromatic N) is 2. The van der Waals surface area contributed by atoms with Crippen molar-refractivity contribution < 1.29 is 4.39 Å². The average molecular weight is 230 g/mol. The first-order valence-corrected chi connectivity index (χ1v) is 5.61. The number of halogens is 1. The first-order chi connectivity index (χ1) is 8.25. The molecular formula is C14H15FN2. The van der Waals surface area contributed by atoms with Gasteiger partial charge in [0.25, 0.3) is 0 Å². The van der Waals surface area contributed by atoms with Gasteiger partial charge in [0.15, 0.2) is 0 Å². The molecule has 1 aromatic heterocycles. The number of likely N-dealkylation sites (N-methyl/N-ethyl adjacent to an activating group) is 1. The van der Waals surface area contributed by atoms with Gasteiger partial charge in [0.2, 0.25) is 0 Å². The van der Waals surface area contributed by atoms with Gasteiger partial charge >= 0.3 is 0 Å². The van der Waals surface area contributed by atoms with Crippen LogP contribution in [0.4, 0.5) is 10.1 Å². The fraction of sp³-hybridized carbons (Fsp3) is 0.214. The summed E-state index contributed by atoms with van der Waals surface area (Å²) in [4.78, 5) is 6.02. The maximum Gasteiger partial charge on any atom is 0.125 e. The molecule has 0 radical (unpaired) electrons. The molecule has 3 heteroatoms. The van der Waals surface area contributed by atoms with Crippen LogP contribution in [0.25, 0.3) is 0 Å². The summed E-state index contributed by atoms with van der Waals surface area (Å²) in [6.07, 6.45) is 4.50. The van der Waals surface area contributed by atoms with Crippen LogP contribution in [0.2, 0.25) is 0 Å². The number of pyridine rings is 1. The van der Waals surface area contributed by atoms with Crippen molar-refractivity contribution in [2.45, 2.75) is 6.42 Å². The summed E-state index contributed by atoms with van der Waals surface area (Å²) in [7, 11) is 1.97. The number of hydrogen-bond donors (Lipinski definition) is 0. The van der Waals surface area contributed by atoms with Gasteiger partial charge in [-0.15, -0.1) is 0 Å². The third kappa shape index (κ3) is 3.28. The summed E-state index contributed by atoms with van der Waals surface area (Å²) in [5.74, 6) is -0.196. The van der Waals surface area contributed by atoms with Crippen molar-refractivity contribution in [3.8, 4) is 0 Å². The molecule has 0 aliphatic heterocycles. The largest absolute Gasteiger partial charge is 0.374 e. The molecule has 2 rings (SSSR count). The molecule has 0 atom stereocenters. The van der Waals surface area contributed by atoms with Crippen molar-refractivity contribution in [1.82, 2.24) is 4.98 Å². The molecule has 0 saturated carbocycles. The lowest BCUT2D eigenvalue weighted by Gasteiger charge is -2.19. The van der Waals surface area contributed by atoms with Crippen LogP contribution in [0.3, 0.4) is 0 Å². The highest BCUT2D eigenvalue weighted by molar-refractivity contribution is 5.45. The third-order valence-electron chi connectivity index (χ3n) is 2.73. The highest BCUT2D eigenvalue weighted by atomic mass is 19.1. The molecule has 0 saturated heterocycles. The molecule has 17 heavy (non-hydrogen) atoms. The van der Waals surface area contributed by atoms with E-state index < -0.39 is 0 Å². The van der Waals surface area contributed by atoms with Crippen molar-refractivity contribution in [3.63, 3.8) is 0 Å². The summed E-state index contributed by atoms with van der Waals surface area (Å²) in [6.45, 7) is 0.855.